The van der Waals surface area contributed by atoms with Gasteiger partial charge in [0.2, 0.25) is 0 Å². The zero-order chi connectivity index (χ0) is 37.9. The number of nitrogens with zero attached hydrogens (tertiary/aromatic N) is 2. The van der Waals surface area contributed by atoms with Gasteiger partial charge in [-0.15, -0.1) is 11.3 Å². The van der Waals surface area contributed by atoms with Crippen LogP contribution in [-0.2, 0) is 12.8 Å². The van der Waals surface area contributed by atoms with Crippen molar-refractivity contribution in [3.8, 4) is 22.5 Å². The minimum atomic E-state index is 0.248. The second kappa shape index (κ2) is 12.3. The molecule has 2 aliphatic carbocycles. The van der Waals surface area contributed by atoms with Crippen LogP contribution in [-0.4, -0.2) is 9.13 Å². The van der Waals surface area contributed by atoms with Gasteiger partial charge in [0.05, 0.1) is 16.6 Å². The van der Waals surface area contributed by atoms with Crippen LogP contribution in [0.5, 0.6) is 0 Å². The highest BCUT2D eigenvalue weighted by atomic mass is 32.1. The van der Waals surface area contributed by atoms with Crippen molar-refractivity contribution in [1.29, 1.82) is 0 Å². The van der Waals surface area contributed by atoms with E-state index >= 15 is 0 Å². The Bertz CT molecular complexity index is 3500. The van der Waals surface area contributed by atoms with E-state index in [4.69, 9.17) is 4.42 Å². The Balaban J connectivity index is 0.874. The van der Waals surface area contributed by atoms with Gasteiger partial charge in [0.15, 0.2) is 0 Å². The van der Waals surface area contributed by atoms with E-state index in [9.17, 15) is 0 Å². The van der Waals surface area contributed by atoms with Gasteiger partial charge in [-0.05, 0) is 114 Å². The van der Waals surface area contributed by atoms with Crippen molar-refractivity contribution in [2.75, 3.05) is 0 Å². The molecule has 4 heteroatoms. The van der Waals surface area contributed by atoms with E-state index in [0.29, 0.717) is 0 Å². The maximum Gasteiger partial charge on any atom is 0.135 e. The van der Waals surface area contributed by atoms with Crippen LogP contribution in [0.1, 0.15) is 40.5 Å². The van der Waals surface area contributed by atoms with E-state index in [1.165, 1.54) is 97.5 Å². The van der Waals surface area contributed by atoms with Crippen molar-refractivity contribution < 1.29 is 4.42 Å². The van der Waals surface area contributed by atoms with Gasteiger partial charge in [-0.1, -0.05) is 103 Å². The minimum Gasteiger partial charge on any atom is -0.456 e. The Morgan fingerprint density at radius 3 is 2.22 bits per heavy atom. The number of furan rings is 1. The zero-order valence-electron chi connectivity index (χ0n) is 31.7. The molecule has 7 aromatic carbocycles. The molecule has 1 unspecified atom stereocenters. The molecule has 0 spiro atoms. The molecule has 13 rings (SSSR count). The quantitative estimate of drug-likeness (QED) is 0.175. The average Bonchev–Trinajstić information content (AvgIpc) is 4.03. The largest absolute Gasteiger partial charge is 0.456 e. The molecular formula is C54H36N2OS. The number of allylic oxidation sites excluding steroid dienone is 2. The van der Waals surface area contributed by atoms with Crippen molar-refractivity contribution >= 4 is 87.3 Å². The first-order valence-corrected chi connectivity index (χ1v) is 21.1. The molecule has 11 aromatic rings. The van der Waals surface area contributed by atoms with Gasteiger partial charge in [-0.25, -0.2) is 0 Å². The van der Waals surface area contributed by atoms with Gasteiger partial charge in [0, 0.05) is 70.3 Å². The number of aryl methyl sites for hydroxylation is 1. The predicted molar refractivity (Wildman–Crippen MR) is 245 cm³/mol. The molecular weight excluding hydrogens is 725 g/mol. The number of aromatic nitrogens is 2. The van der Waals surface area contributed by atoms with Crippen LogP contribution in [0.25, 0.3) is 98.5 Å². The summed E-state index contributed by atoms with van der Waals surface area (Å²) in [6, 6.07) is 55.9. The molecule has 0 radical (unpaired) electrons. The zero-order valence-corrected chi connectivity index (χ0v) is 32.5. The molecule has 274 valence electrons. The van der Waals surface area contributed by atoms with Gasteiger partial charge >= 0.3 is 0 Å². The van der Waals surface area contributed by atoms with E-state index in [-0.39, 0.29) is 5.92 Å². The smallest absolute Gasteiger partial charge is 0.135 e. The molecule has 58 heavy (non-hydrogen) atoms. The molecule has 3 nitrogen and oxygen atoms in total. The Hall–Kier alpha value is -6.88. The lowest BCUT2D eigenvalue weighted by molar-refractivity contribution is 0.591. The summed E-state index contributed by atoms with van der Waals surface area (Å²) in [6.45, 7) is 0. The van der Waals surface area contributed by atoms with Gasteiger partial charge in [0.1, 0.15) is 11.3 Å². The van der Waals surface area contributed by atoms with Gasteiger partial charge < -0.3 is 13.6 Å². The summed E-state index contributed by atoms with van der Waals surface area (Å²) in [5, 5.41) is 7.84. The van der Waals surface area contributed by atoms with Gasteiger partial charge in [-0.3, -0.25) is 0 Å². The monoisotopic (exact) mass is 760 g/mol. The number of rotatable bonds is 4. The summed E-state index contributed by atoms with van der Waals surface area (Å²) in [6.07, 6.45) is 12.2. The molecule has 0 saturated heterocycles. The standard InChI is InChI=1S/C54H36N2OS/c1-2-13-37(14-3-1)55-48-20-9-6-17-42(48)53-49(55)25-24-41-45-31-36(22-28-52(45)58-54(41)53)34-12-10-11-33(29-34)35-21-26-50-43(30-35)44-32-38(23-27-51(44)57-50)56-46-18-7-4-15-39(46)40-16-5-8-19-47(40)56/h1-5,7-16,18-29,31-32,35H,6,17,30H2. The second-order valence-corrected chi connectivity index (χ2v) is 17.0. The van der Waals surface area contributed by atoms with E-state index in [1.54, 1.807) is 0 Å². The molecule has 0 fully saturated rings. The fourth-order valence-corrected chi connectivity index (χ4v) is 11.3. The number of benzene rings is 7. The minimum absolute atomic E-state index is 0.248. The number of hydrogen-bond acceptors (Lipinski definition) is 2. The van der Waals surface area contributed by atoms with Crippen molar-refractivity contribution in [3.05, 3.63) is 192 Å². The lowest BCUT2D eigenvalue weighted by Gasteiger charge is -2.18. The van der Waals surface area contributed by atoms with Crippen LogP contribution in [0.3, 0.4) is 0 Å². The van der Waals surface area contributed by atoms with E-state index in [0.717, 1.165) is 36.3 Å². The third-order valence-corrected chi connectivity index (χ3v) is 14.0. The molecule has 0 amide bonds. The van der Waals surface area contributed by atoms with Crippen LogP contribution in [0.15, 0.2) is 168 Å². The normalized spacial score (nSPS) is 15.1. The third kappa shape index (κ3) is 4.67. The Labute approximate surface area is 339 Å². The molecule has 4 aromatic heterocycles. The van der Waals surface area contributed by atoms with Crippen LogP contribution in [0.4, 0.5) is 0 Å². The number of fused-ring (bicyclic) bond motifs is 13. The van der Waals surface area contributed by atoms with Crippen LogP contribution >= 0.6 is 11.3 Å². The SMILES string of the molecule is C1=Cc2c(c3c4sc5ccc(-c6cccc(C7C=Cc8oc9ccc(-n%10c%11ccccc%11c%11ccccc%11%10)cc9c8C7)c6)cc5c4ccc3n2-c2ccccc2)CC1. The number of hydrogen-bond donors (Lipinski definition) is 0. The lowest BCUT2D eigenvalue weighted by Crippen LogP contribution is -2.04. The molecule has 1 atom stereocenters. The fraction of sp³-hybridized carbons (Fsp3) is 0.0741. The number of para-hydroxylation sites is 3. The second-order valence-electron chi connectivity index (χ2n) is 15.9. The lowest BCUT2D eigenvalue weighted by atomic mass is 9.85. The first kappa shape index (κ1) is 32.2. The topological polar surface area (TPSA) is 23.0 Å². The summed E-state index contributed by atoms with van der Waals surface area (Å²) >= 11 is 1.94. The molecule has 4 heterocycles. The first-order chi connectivity index (χ1) is 28.7. The van der Waals surface area contributed by atoms with E-state index < -0.39 is 0 Å². The van der Waals surface area contributed by atoms with Crippen molar-refractivity contribution in [1.82, 2.24) is 9.13 Å². The summed E-state index contributed by atoms with van der Waals surface area (Å²) in [5.41, 5.74) is 15.0. The number of thiophene rings is 1. The van der Waals surface area contributed by atoms with Crippen LogP contribution < -0.4 is 0 Å². The average molecular weight is 761 g/mol. The predicted octanol–water partition coefficient (Wildman–Crippen LogP) is 14.8. The Morgan fingerprint density at radius 2 is 1.36 bits per heavy atom. The van der Waals surface area contributed by atoms with Crippen LogP contribution in [0, 0.1) is 0 Å². The summed E-state index contributed by atoms with van der Waals surface area (Å²) in [4.78, 5) is 0. The van der Waals surface area contributed by atoms with E-state index in [2.05, 4.69) is 185 Å². The first-order valence-electron chi connectivity index (χ1n) is 20.3. The van der Waals surface area contributed by atoms with E-state index in [1.807, 2.05) is 11.3 Å². The van der Waals surface area contributed by atoms with Crippen molar-refractivity contribution in [2.45, 2.75) is 25.2 Å². The summed E-state index contributed by atoms with van der Waals surface area (Å²) in [5.74, 6) is 1.22. The summed E-state index contributed by atoms with van der Waals surface area (Å²) < 4.78 is 14.1. The molecule has 2 aliphatic rings. The van der Waals surface area contributed by atoms with Crippen molar-refractivity contribution in [3.63, 3.8) is 0 Å². The molecule has 0 bridgehead atoms. The maximum atomic E-state index is 6.46. The molecule has 0 N–H and O–H groups in total. The molecule has 0 aliphatic heterocycles. The highest BCUT2D eigenvalue weighted by Gasteiger charge is 2.25. The Kier molecular flexibility index (Phi) is 6.84. The maximum absolute atomic E-state index is 6.46. The summed E-state index contributed by atoms with van der Waals surface area (Å²) in [7, 11) is 0. The highest BCUT2D eigenvalue weighted by Crippen LogP contribution is 2.45. The Morgan fingerprint density at radius 1 is 0.552 bits per heavy atom. The molecule has 0 saturated carbocycles. The third-order valence-electron chi connectivity index (χ3n) is 12.8. The van der Waals surface area contributed by atoms with Gasteiger partial charge in [-0.2, -0.15) is 0 Å². The highest BCUT2D eigenvalue weighted by molar-refractivity contribution is 7.26. The van der Waals surface area contributed by atoms with Crippen molar-refractivity contribution in [2.24, 2.45) is 0 Å². The van der Waals surface area contributed by atoms with Crippen LogP contribution in [0.2, 0.25) is 0 Å². The fourth-order valence-electron chi connectivity index (χ4n) is 10.1. The van der Waals surface area contributed by atoms with Gasteiger partial charge in [0.25, 0.3) is 0 Å².